The Bertz CT molecular complexity index is 1540. The molecule has 0 saturated carbocycles. The Kier molecular flexibility index (Phi) is 6.38. The molecular formula is C26H21ClF3N3O2S. The van der Waals surface area contributed by atoms with Crippen LogP contribution in [-0.2, 0) is 23.8 Å². The molecule has 0 fully saturated rings. The van der Waals surface area contributed by atoms with Crippen LogP contribution in [0, 0.1) is 0 Å². The lowest BCUT2D eigenvalue weighted by atomic mass is 9.89. The van der Waals surface area contributed by atoms with E-state index < -0.39 is 29.2 Å². The summed E-state index contributed by atoms with van der Waals surface area (Å²) < 4.78 is 40.5. The molecule has 0 bridgehead atoms. The molecule has 1 aliphatic rings. The molecule has 0 aliphatic heterocycles. The van der Waals surface area contributed by atoms with Gasteiger partial charge in [-0.3, -0.25) is 14.2 Å². The van der Waals surface area contributed by atoms with Gasteiger partial charge in [0.05, 0.1) is 28.0 Å². The summed E-state index contributed by atoms with van der Waals surface area (Å²) in [6.45, 7) is 1.48. The third-order valence-corrected chi connectivity index (χ3v) is 7.74. The van der Waals surface area contributed by atoms with Crippen molar-refractivity contribution in [2.45, 2.75) is 44.8 Å². The summed E-state index contributed by atoms with van der Waals surface area (Å²) in [5, 5.41) is 4.67. The van der Waals surface area contributed by atoms with Gasteiger partial charge in [-0.25, -0.2) is 4.98 Å². The maximum atomic E-state index is 13.5. The number of aryl methyl sites for hydroxylation is 2. The first-order valence-corrected chi connectivity index (χ1v) is 12.7. The first-order chi connectivity index (χ1) is 17.1. The molecule has 2 heterocycles. The van der Waals surface area contributed by atoms with Crippen LogP contribution in [0.15, 0.2) is 52.9 Å². The van der Waals surface area contributed by atoms with Crippen molar-refractivity contribution in [2.75, 3.05) is 5.32 Å². The lowest BCUT2D eigenvalue weighted by Gasteiger charge is -2.17. The van der Waals surface area contributed by atoms with Gasteiger partial charge in [0.1, 0.15) is 10.9 Å². The Morgan fingerprint density at radius 3 is 2.64 bits per heavy atom. The number of nitrogens with one attached hydrogen (secondary N) is 1. The monoisotopic (exact) mass is 531 g/mol. The topological polar surface area (TPSA) is 64.0 Å². The SMILES string of the molecule is CC(C(=O)Nc1cc(C(F)(F)F)ccc1Cl)n1cnc2scc(-c3ccc4c(c3)CCCC4)c2c1=O. The maximum absolute atomic E-state index is 13.5. The summed E-state index contributed by atoms with van der Waals surface area (Å²) in [6.07, 6.45) is 1.06. The molecule has 186 valence electrons. The summed E-state index contributed by atoms with van der Waals surface area (Å²) in [7, 11) is 0. The van der Waals surface area contributed by atoms with Crippen LogP contribution in [0.25, 0.3) is 21.3 Å². The van der Waals surface area contributed by atoms with Crippen LogP contribution in [0.4, 0.5) is 18.9 Å². The van der Waals surface area contributed by atoms with Gasteiger partial charge in [0.15, 0.2) is 0 Å². The number of nitrogens with zero attached hydrogens (tertiary/aromatic N) is 2. The van der Waals surface area contributed by atoms with E-state index in [1.807, 2.05) is 11.4 Å². The number of amides is 1. The molecule has 5 rings (SSSR count). The minimum absolute atomic E-state index is 0.0444. The number of fused-ring (bicyclic) bond motifs is 2. The molecule has 0 saturated heterocycles. The van der Waals surface area contributed by atoms with Crippen molar-refractivity contribution in [3.8, 4) is 11.1 Å². The third kappa shape index (κ3) is 4.53. The Morgan fingerprint density at radius 2 is 1.89 bits per heavy atom. The Hall–Kier alpha value is -3.17. The summed E-state index contributed by atoms with van der Waals surface area (Å²) >= 11 is 7.36. The molecule has 2 aromatic carbocycles. The van der Waals surface area contributed by atoms with Gasteiger partial charge in [-0.15, -0.1) is 11.3 Å². The van der Waals surface area contributed by atoms with Crippen LogP contribution in [0.5, 0.6) is 0 Å². The Morgan fingerprint density at radius 1 is 1.14 bits per heavy atom. The zero-order valence-corrected chi connectivity index (χ0v) is 20.7. The molecule has 1 N–H and O–H groups in total. The van der Waals surface area contributed by atoms with Gasteiger partial charge in [0.2, 0.25) is 5.91 Å². The second-order valence-electron chi connectivity index (χ2n) is 8.83. The van der Waals surface area contributed by atoms with E-state index in [1.165, 1.54) is 46.7 Å². The fraction of sp³-hybridized carbons (Fsp3) is 0.269. The first kappa shape index (κ1) is 24.5. The van der Waals surface area contributed by atoms with Crippen LogP contribution in [0.2, 0.25) is 5.02 Å². The standard InChI is InChI=1S/C26H21ClF3N3O2S/c1-14(23(34)32-21-11-18(26(28,29)30)8-9-20(21)27)33-13-31-24-22(25(33)35)19(12-36-24)17-7-6-15-4-2-3-5-16(15)10-17/h6-14H,2-5H2,1H3,(H,32,34). The number of benzene rings is 2. The number of thiophene rings is 1. The highest BCUT2D eigenvalue weighted by molar-refractivity contribution is 7.17. The zero-order chi connectivity index (χ0) is 25.6. The van der Waals surface area contributed by atoms with Crippen molar-refractivity contribution in [1.82, 2.24) is 9.55 Å². The molecule has 4 aromatic rings. The zero-order valence-electron chi connectivity index (χ0n) is 19.2. The predicted molar refractivity (Wildman–Crippen MR) is 136 cm³/mol. The fourth-order valence-electron chi connectivity index (χ4n) is 4.50. The number of carbonyl (C=O) groups is 1. The fourth-order valence-corrected chi connectivity index (χ4v) is 5.57. The summed E-state index contributed by atoms with van der Waals surface area (Å²) in [5.41, 5.74) is 2.77. The molecule has 36 heavy (non-hydrogen) atoms. The van der Waals surface area contributed by atoms with E-state index in [4.69, 9.17) is 11.6 Å². The van der Waals surface area contributed by atoms with Crippen LogP contribution >= 0.6 is 22.9 Å². The highest BCUT2D eigenvalue weighted by Crippen LogP contribution is 2.35. The molecule has 10 heteroatoms. The molecule has 0 spiro atoms. The van der Waals surface area contributed by atoms with Crippen LogP contribution < -0.4 is 10.9 Å². The number of halogens is 4. The largest absolute Gasteiger partial charge is 0.416 e. The predicted octanol–water partition coefficient (Wildman–Crippen LogP) is 6.88. The number of carbonyl (C=O) groups excluding carboxylic acids is 1. The molecular weight excluding hydrogens is 511 g/mol. The number of hydrogen-bond acceptors (Lipinski definition) is 4. The molecule has 5 nitrogen and oxygen atoms in total. The summed E-state index contributed by atoms with van der Waals surface area (Å²) in [5.74, 6) is -0.690. The maximum Gasteiger partial charge on any atom is 0.416 e. The lowest BCUT2D eigenvalue weighted by molar-refractivity contribution is -0.137. The molecule has 0 radical (unpaired) electrons. The van der Waals surface area contributed by atoms with E-state index >= 15 is 0 Å². The Balaban J connectivity index is 1.48. The van der Waals surface area contributed by atoms with Crippen LogP contribution in [0.1, 0.15) is 42.5 Å². The van der Waals surface area contributed by atoms with Crippen molar-refractivity contribution in [2.24, 2.45) is 0 Å². The number of aromatic nitrogens is 2. The van der Waals surface area contributed by atoms with Gasteiger partial charge in [0, 0.05) is 10.9 Å². The van der Waals surface area contributed by atoms with Gasteiger partial charge in [0.25, 0.3) is 5.56 Å². The summed E-state index contributed by atoms with van der Waals surface area (Å²) in [6, 6.07) is 7.87. The lowest BCUT2D eigenvalue weighted by Crippen LogP contribution is -2.31. The smallest absolute Gasteiger partial charge is 0.323 e. The Labute approximate surface area is 213 Å². The molecule has 2 aromatic heterocycles. The quantitative estimate of drug-likeness (QED) is 0.312. The van der Waals surface area contributed by atoms with E-state index in [0.717, 1.165) is 48.6 Å². The number of alkyl halides is 3. The van der Waals surface area contributed by atoms with E-state index in [2.05, 4.69) is 22.4 Å². The molecule has 1 aliphatic carbocycles. The van der Waals surface area contributed by atoms with Gasteiger partial charge < -0.3 is 5.32 Å². The highest BCUT2D eigenvalue weighted by atomic mass is 35.5. The second kappa shape index (κ2) is 9.37. The highest BCUT2D eigenvalue weighted by Gasteiger charge is 2.31. The molecule has 1 amide bonds. The minimum atomic E-state index is -4.59. The van der Waals surface area contributed by atoms with Gasteiger partial charge in [-0.1, -0.05) is 29.8 Å². The van der Waals surface area contributed by atoms with E-state index in [-0.39, 0.29) is 10.7 Å². The van der Waals surface area contributed by atoms with Crippen molar-refractivity contribution < 1.29 is 18.0 Å². The van der Waals surface area contributed by atoms with E-state index in [0.29, 0.717) is 10.2 Å². The molecule has 1 unspecified atom stereocenters. The van der Waals surface area contributed by atoms with Gasteiger partial charge >= 0.3 is 6.18 Å². The van der Waals surface area contributed by atoms with Gasteiger partial charge in [-0.05, 0) is 67.5 Å². The minimum Gasteiger partial charge on any atom is -0.323 e. The van der Waals surface area contributed by atoms with Gasteiger partial charge in [-0.2, -0.15) is 13.2 Å². The average Bonchev–Trinajstić information content (AvgIpc) is 3.29. The number of hydrogen-bond donors (Lipinski definition) is 1. The van der Waals surface area contributed by atoms with Crippen LogP contribution in [-0.4, -0.2) is 15.5 Å². The number of anilines is 1. The summed E-state index contributed by atoms with van der Waals surface area (Å²) in [4.78, 5) is 31.4. The first-order valence-electron chi connectivity index (χ1n) is 11.4. The number of rotatable bonds is 4. The van der Waals surface area contributed by atoms with E-state index in [1.54, 1.807) is 0 Å². The van der Waals surface area contributed by atoms with Crippen molar-refractivity contribution in [3.63, 3.8) is 0 Å². The second-order valence-corrected chi connectivity index (χ2v) is 10.1. The normalized spacial score (nSPS) is 14.5. The van der Waals surface area contributed by atoms with E-state index in [9.17, 15) is 22.8 Å². The molecule has 1 atom stereocenters. The average molecular weight is 532 g/mol. The van der Waals surface area contributed by atoms with Crippen LogP contribution in [0.3, 0.4) is 0 Å². The van der Waals surface area contributed by atoms with Crippen molar-refractivity contribution in [1.29, 1.82) is 0 Å². The van der Waals surface area contributed by atoms with Crippen molar-refractivity contribution >= 4 is 44.7 Å². The third-order valence-electron chi connectivity index (χ3n) is 6.53. The van der Waals surface area contributed by atoms with Crippen molar-refractivity contribution in [3.05, 3.63) is 80.2 Å².